The number of aromatic nitrogens is 2. The van der Waals surface area contributed by atoms with Crippen LogP contribution in [-0.2, 0) is 16.0 Å². The van der Waals surface area contributed by atoms with Gasteiger partial charge in [-0.05, 0) is 25.2 Å². The van der Waals surface area contributed by atoms with Gasteiger partial charge in [0.2, 0.25) is 11.0 Å². The van der Waals surface area contributed by atoms with Crippen LogP contribution in [-0.4, -0.2) is 35.4 Å². The van der Waals surface area contributed by atoms with Crippen molar-refractivity contribution in [3.63, 3.8) is 0 Å². The molecule has 1 fully saturated rings. The number of hydrogen-bond acceptors (Lipinski definition) is 6. The molecule has 3 N–H and O–H groups in total. The van der Waals surface area contributed by atoms with Crippen LogP contribution in [0.5, 0.6) is 0 Å². The van der Waals surface area contributed by atoms with Crippen molar-refractivity contribution in [1.82, 2.24) is 10.2 Å². The van der Waals surface area contributed by atoms with E-state index in [-0.39, 0.29) is 11.8 Å². The first-order valence-electron chi connectivity index (χ1n) is 6.17. The number of amides is 1. The molecule has 1 saturated heterocycles. The number of nitrogens with two attached hydrogens (primary N) is 1. The summed E-state index contributed by atoms with van der Waals surface area (Å²) in [6, 6.07) is -0.497. The first-order chi connectivity index (χ1) is 8.70. The molecule has 100 valence electrons. The summed E-state index contributed by atoms with van der Waals surface area (Å²) < 4.78 is 5.26. The monoisotopic (exact) mass is 270 g/mol. The van der Waals surface area contributed by atoms with E-state index in [0.717, 1.165) is 24.3 Å². The molecule has 18 heavy (non-hydrogen) atoms. The Kier molecular flexibility index (Phi) is 4.62. The summed E-state index contributed by atoms with van der Waals surface area (Å²) in [6.45, 7) is 3.37. The topological polar surface area (TPSA) is 90.1 Å². The van der Waals surface area contributed by atoms with Gasteiger partial charge in [0.05, 0.1) is 6.04 Å². The Labute approximate surface area is 110 Å². The number of carbonyl (C=O) groups excluding carboxylic acids is 1. The molecule has 0 aliphatic carbocycles. The quantitative estimate of drug-likeness (QED) is 0.844. The second kappa shape index (κ2) is 6.21. The molecule has 1 atom stereocenters. The van der Waals surface area contributed by atoms with Crippen LogP contribution in [0.3, 0.4) is 0 Å². The third-order valence-corrected chi connectivity index (χ3v) is 4.06. The van der Waals surface area contributed by atoms with Crippen molar-refractivity contribution >= 4 is 22.4 Å². The number of aryl methyl sites for hydroxylation is 1. The minimum Gasteiger partial charge on any atom is -0.381 e. The lowest BCUT2D eigenvalue weighted by molar-refractivity contribution is -0.119. The molecule has 6 nitrogen and oxygen atoms in total. The van der Waals surface area contributed by atoms with Crippen molar-refractivity contribution in [1.29, 1.82) is 0 Å². The number of rotatable bonds is 4. The lowest BCUT2D eigenvalue weighted by Crippen LogP contribution is -2.43. The largest absolute Gasteiger partial charge is 0.381 e. The van der Waals surface area contributed by atoms with Crippen LogP contribution in [0.1, 0.15) is 24.8 Å². The van der Waals surface area contributed by atoms with E-state index in [1.807, 2.05) is 6.92 Å². The van der Waals surface area contributed by atoms with Crippen molar-refractivity contribution in [3.8, 4) is 0 Å². The molecule has 2 heterocycles. The highest BCUT2D eigenvalue weighted by molar-refractivity contribution is 7.15. The van der Waals surface area contributed by atoms with Crippen LogP contribution in [0, 0.1) is 5.92 Å². The van der Waals surface area contributed by atoms with Gasteiger partial charge in [-0.15, -0.1) is 10.2 Å². The predicted octanol–water partition coefficient (Wildman–Crippen LogP) is 0.793. The average molecular weight is 270 g/mol. The Morgan fingerprint density at radius 2 is 2.28 bits per heavy atom. The fourth-order valence-corrected chi connectivity index (χ4v) is 2.61. The van der Waals surface area contributed by atoms with Crippen LogP contribution < -0.4 is 11.1 Å². The number of anilines is 1. The van der Waals surface area contributed by atoms with Crippen LogP contribution >= 0.6 is 11.3 Å². The Hall–Kier alpha value is -1.05. The van der Waals surface area contributed by atoms with Gasteiger partial charge in [0.1, 0.15) is 5.01 Å². The number of nitrogens with one attached hydrogen (secondary N) is 1. The van der Waals surface area contributed by atoms with Crippen LogP contribution in [0.2, 0.25) is 0 Å². The normalized spacial score (nSPS) is 18.6. The maximum Gasteiger partial charge on any atom is 0.243 e. The molecule has 1 aromatic heterocycles. The predicted molar refractivity (Wildman–Crippen MR) is 69.4 cm³/mol. The van der Waals surface area contributed by atoms with Gasteiger partial charge in [0.25, 0.3) is 0 Å². The number of carbonyl (C=O) groups is 1. The Morgan fingerprint density at radius 1 is 1.56 bits per heavy atom. The van der Waals surface area contributed by atoms with Crippen molar-refractivity contribution < 1.29 is 9.53 Å². The minimum absolute atomic E-state index is 0.180. The van der Waals surface area contributed by atoms with Gasteiger partial charge in [0, 0.05) is 13.2 Å². The van der Waals surface area contributed by atoms with Gasteiger partial charge < -0.3 is 10.5 Å². The third kappa shape index (κ3) is 3.24. The summed E-state index contributed by atoms with van der Waals surface area (Å²) in [7, 11) is 0. The van der Waals surface area contributed by atoms with E-state index in [4.69, 9.17) is 10.5 Å². The first kappa shape index (κ1) is 13.4. The van der Waals surface area contributed by atoms with E-state index in [1.54, 1.807) is 0 Å². The lowest BCUT2D eigenvalue weighted by atomic mass is 9.92. The summed E-state index contributed by atoms with van der Waals surface area (Å²) in [5.41, 5.74) is 5.97. The van der Waals surface area contributed by atoms with E-state index in [9.17, 15) is 4.79 Å². The maximum atomic E-state index is 12.0. The summed E-state index contributed by atoms with van der Waals surface area (Å²) in [4.78, 5) is 12.0. The second-order valence-corrected chi connectivity index (χ2v) is 5.38. The molecule has 0 bridgehead atoms. The molecular weight excluding hydrogens is 252 g/mol. The van der Waals surface area contributed by atoms with E-state index in [1.165, 1.54) is 11.3 Å². The maximum absolute atomic E-state index is 12.0. The highest BCUT2D eigenvalue weighted by Gasteiger charge is 2.27. The van der Waals surface area contributed by atoms with Gasteiger partial charge >= 0.3 is 0 Å². The Balaban J connectivity index is 1.90. The highest BCUT2D eigenvalue weighted by Crippen LogP contribution is 2.20. The van der Waals surface area contributed by atoms with Gasteiger partial charge in [-0.2, -0.15) is 0 Å². The summed E-state index contributed by atoms with van der Waals surface area (Å²) >= 11 is 1.39. The van der Waals surface area contributed by atoms with E-state index in [2.05, 4.69) is 15.5 Å². The van der Waals surface area contributed by atoms with E-state index >= 15 is 0 Å². The standard InChI is InChI=1S/C11H18N4O2S/c1-2-8-14-15-11(18-8)13-10(16)9(12)7-3-5-17-6-4-7/h7,9H,2-6,12H2,1H3,(H,13,15,16). The molecular formula is C11H18N4O2S. The van der Waals surface area contributed by atoms with Crippen molar-refractivity contribution in [3.05, 3.63) is 5.01 Å². The zero-order valence-electron chi connectivity index (χ0n) is 10.4. The molecule has 2 rings (SSSR count). The average Bonchev–Trinajstić information content (AvgIpc) is 2.86. The number of nitrogens with zero attached hydrogens (tertiary/aromatic N) is 2. The number of ether oxygens (including phenoxy) is 1. The van der Waals surface area contributed by atoms with Gasteiger partial charge in [-0.1, -0.05) is 18.3 Å². The van der Waals surface area contributed by atoms with E-state index in [0.29, 0.717) is 18.3 Å². The fourth-order valence-electron chi connectivity index (χ4n) is 1.92. The highest BCUT2D eigenvalue weighted by atomic mass is 32.1. The van der Waals surface area contributed by atoms with Crippen LogP contribution in [0.25, 0.3) is 0 Å². The Morgan fingerprint density at radius 3 is 2.89 bits per heavy atom. The SMILES string of the molecule is CCc1nnc(NC(=O)C(N)C2CCOCC2)s1. The molecule has 1 aromatic rings. The summed E-state index contributed by atoms with van der Waals surface area (Å²) in [5.74, 6) is 0.0121. The molecule has 1 aliphatic heterocycles. The van der Waals surface area contributed by atoms with Crippen molar-refractivity contribution in [2.45, 2.75) is 32.2 Å². The minimum atomic E-state index is -0.497. The van der Waals surface area contributed by atoms with Crippen molar-refractivity contribution in [2.24, 2.45) is 11.7 Å². The molecule has 0 aromatic carbocycles. The van der Waals surface area contributed by atoms with E-state index < -0.39 is 6.04 Å². The smallest absolute Gasteiger partial charge is 0.243 e. The molecule has 0 spiro atoms. The number of hydrogen-bond donors (Lipinski definition) is 2. The molecule has 1 aliphatic rings. The lowest BCUT2D eigenvalue weighted by Gasteiger charge is -2.26. The second-order valence-electron chi connectivity index (χ2n) is 4.32. The van der Waals surface area contributed by atoms with Gasteiger partial charge in [0.15, 0.2) is 0 Å². The molecule has 0 saturated carbocycles. The third-order valence-electron chi connectivity index (χ3n) is 3.08. The van der Waals surface area contributed by atoms with Crippen LogP contribution in [0.15, 0.2) is 0 Å². The van der Waals surface area contributed by atoms with Crippen molar-refractivity contribution in [2.75, 3.05) is 18.5 Å². The molecule has 1 unspecified atom stereocenters. The van der Waals surface area contributed by atoms with Gasteiger partial charge in [-0.3, -0.25) is 10.1 Å². The fraction of sp³-hybridized carbons (Fsp3) is 0.727. The summed E-state index contributed by atoms with van der Waals surface area (Å²) in [5, 5.41) is 12.0. The molecule has 7 heteroatoms. The van der Waals surface area contributed by atoms with Crippen LogP contribution in [0.4, 0.5) is 5.13 Å². The molecule has 0 radical (unpaired) electrons. The summed E-state index contributed by atoms with van der Waals surface area (Å²) in [6.07, 6.45) is 2.50. The van der Waals surface area contributed by atoms with Gasteiger partial charge in [-0.25, -0.2) is 0 Å². The zero-order valence-corrected chi connectivity index (χ0v) is 11.2. The molecule has 1 amide bonds. The Bertz CT molecular complexity index is 404. The zero-order chi connectivity index (χ0) is 13.0. The first-order valence-corrected chi connectivity index (χ1v) is 6.99.